The van der Waals surface area contributed by atoms with Crippen molar-refractivity contribution in [3.63, 3.8) is 0 Å². The molecule has 27 heavy (non-hydrogen) atoms. The summed E-state index contributed by atoms with van der Waals surface area (Å²) < 4.78 is 0. The standard InChI is InChI=1S/C20H23N5O2/c1-24(2)8-7-19(27)25-11-14(12-25)16-9-13-10-17(22-23-20(13)21-16)15-5-3-4-6-18(15)26/h3-6,9-10,14,26H,7-8,11-12H2,1-2H3,(H,21,23). The Morgan fingerprint density at radius 3 is 2.78 bits per heavy atom. The number of benzene rings is 1. The number of aromatic hydroxyl groups is 1. The molecule has 0 spiro atoms. The summed E-state index contributed by atoms with van der Waals surface area (Å²) >= 11 is 0. The predicted octanol–water partition coefficient (Wildman–Crippen LogP) is 2.21. The van der Waals surface area contributed by atoms with E-state index in [2.05, 4.69) is 21.2 Å². The number of hydrogen-bond donors (Lipinski definition) is 2. The van der Waals surface area contributed by atoms with E-state index in [4.69, 9.17) is 0 Å². The van der Waals surface area contributed by atoms with Crippen LogP contribution in [0.2, 0.25) is 0 Å². The fourth-order valence-electron chi connectivity index (χ4n) is 3.35. The van der Waals surface area contributed by atoms with E-state index >= 15 is 0 Å². The van der Waals surface area contributed by atoms with E-state index in [-0.39, 0.29) is 11.7 Å². The number of fused-ring (bicyclic) bond motifs is 1. The molecule has 1 amide bonds. The third kappa shape index (κ3) is 3.50. The van der Waals surface area contributed by atoms with Crippen molar-refractivity contribution in [1.82, 2.24) is 25.0 Å². The second kappa shape index (κ2) is 7.00. The van der Waals surface area contributed by atoms with E-state index in [1.165, 1.54) is 0 Å². The minimum Gasteiger partial charge on any atom is -0.507 e. The van der Waals surface area contributed by atoms with Crippen molar-refractivity contribution in [1.29, 1.82) is 0 Å². The van der Waals surface area contributed by atoms with E-state index in [1.54, 1.807) is 12.1 Å². The van der Waals surface area contributed by atoms with Gasteiger partial charge >= 0.3 is 0 Å². The first-order chi connectivity index (χ1) is 13.0. The zero-order valence-electron chi connectivity index (χ0n) is 15.5. The molecule has 3 heterocycles. The van der Waals surface area contributed by atoms with Crippen LogP contribution in [-0.2, 0) is 4.79 Å². The van der Waals surface area contributed by atoms with Crippen molar-refractivity contribution in [3.8, 4) is 17.0 Å². The molecule has 1 aromatic carbocycles. The Morgan fingerprint density at radius 2 is 2.04 bits per heavy atom. The van der Waals surface area contributed by atoms with Gasteiger partial charge in [-0.25, -0.2) is 0 Å². The molecule has 140 valence electrons. The quantitative estimate of drug-likeness (QED) is 0.724. The Labute approximate surface area is 157 Å². The monoisotopic (exact) mass is 365 g/mol. The van der Waals surface area contributed by atoms with Crippen molar-refractivity contribution in [2.45, 2.75) is 12.3 Å². The maximum atomic E-state index is 12.2. The molecule has 1 aliphatic heterocycles. The molecule has 2 N–H and O–H groups in total. The second-order valence-corrected chi connectivity index (χ2v) is 7.32. The second-order valence-electron chi connectivity index (χ2n) is 7.32. The van der Waals surface area contributed by atoms with Crippen molar-refractivity contribution in [2.75, 3.05) is 33.7 Å². The number of H-pyrrole nitrogens is 1. The summed E-state index contributed by atoms with van der Waals surface area (Å²) in [6.45, 7) is 2.24. The van der Waals surface area contributed by atoms with Crippen LogP contribution >= 0.6 is 0 Å². The lowest BCUT2D eigenvalue weighted by molar-refractivity contribution is -0.135. The van der Waals surface area contributed by atoms with Crippen LogP contribution in [0.4, 0.5) is 0 Å². The number of aromatic amines is 1. The molecular formula is C20H23N5O2. The number of para-hydroxylation sites is 1. The molecule has 1 fully saturated rings. The molecule has 0 aliphatic carbocycles. The molecule has 1 aliphatic rings. The molecule has 2 aromatic heterocycles. The van der Waals surface area contributed by atoms with Gasteiger partial charge in [0.25, 0.3) is 0 Å². The average molecular weight is 365 g/mol. The lowest BCUT2D eigenvalue weighted by atomic mass is 9.96. The highest BCUT2D eigenvalue weighted by Crippen LogP contribution is 2.31. The predicted molar refractivity (Wildman–Crippen MR) is 103 cm³/mol. The highest BCUT2D eigenvalue weighted by Gasteiger charge is 2.32. The number of carbonyl (C=O) groups excluding carboxylic acids is 1. The number of nitrogens with zero attached hydrogens (tertiary/aromatic N) is 4. The van der Waals surface area contributed by atoms with Crippen LogP contribution in [0.5, 0.6) is 5.75 Å². The molecule has 0 unspecified atom stereocenters. The number of amides is 1. The molecule has 3 aromatic rings. The Bertz CT molecular complexity index is 975. The number of phenolic OH excluding ortho intramolecular Hbond substituents is 1. The molecule has 7 heteroatoms. The van der Waals surface area contributed by atoms with Crippen molar-refractivity contribution in [3.05, 3.63) is 42.1 Å². The zero-order valence-corrected chi connectivity index (χ0v) is 15.5. The zero-order chi connectivity index (χ0) is 19.0. The lowest BCUT2D eigenvalue weighted by Crippen LogP contribution is -2.49. The van der Waals surface area contributed by atoms with Crippen LogP contribution in [-0.4, -0.2) is 69.7 Å². The maximum absolute atomic E-state index is 12.2. The van der Waals surface area contributed by atoms with Gasteiger partial charge in [0.15, 0.2) is 5.65 Å². The minimum absolute atomic E-state index is 0.188. The summed E-state index contributed by atoms with van der Waals surface area (Å²) in [6.07, 6.45) is 0.557. The van der Waals surface area contributed by atoms with Crippen molar-refractivity contribution >= 4 is 16.9 Å². The number of aromatic nitrogens is 3. The smallest absolute Gasteiger partial charge is 0.223 e. The van der Waals surface area contributed by atoms with Gasteiger partial charge in [0.2, 0.25) is 5.91 Å². The molecular weight excluding hydrogens is 342 g/mol. The third-order valence-corrected chi connectivity index (χ3v) is 5.02. The largest absolute Gasteiger partial charge is 0.507 e. The summed E-state index contributed by atoms with van der Waals surface area (Å²) in [4.78, 5) is 19.4. The van der Waals surface area contributed by atoms with Gasteiger partial charge in [-0.05, 0) is 38.4 Å². The molecule has 0 atom stereocenters. The summed E-state index contributed by atoms with van der Waals surface area (Å²) in [5.74, 6) is 0.696. The van der Waals surface area contributed by atoms with Gasteiger partial charge in [0.1, 0.15) is 5.75 Å². The molecule has 4 rings (SSSR count). The highest BCUT2D eigenvalue weighted by molar-refractivity contribution is 5.82. The average Bonchev–Trinajstić information content (AvgIpc) is 3.01. The number of carbonyl (C=O) groups is 1. The van der Waals surface area contributed by atoms with Crippen LogP contribution in [0.3, 0.4) is 0 Å². The Balaban J connectivity index is 1.47. The molecule has 0 radical (unpaired) electrons. The highest BCUT2D eigenvalue weighted by atomic mass is 16.3. The van der Waals surface area contributed by atoms with Gasteiger partial charge < -0.3 is 19.9 Å². The lowest BCUT2D eigenvalue weighted by Gasteiger charge is -2.39. The van der Waals surface area contributed by atoms with Gasteiger partial charge in [0, 0.05) is 48.6 Å². The molecule has 0 saturated carbocycles. The Morgan fingerprint density at radius 1 is 1.26 bits per heavy atom. The summed E-state index contributed by atoms with van der Waals surface area (Å²) in [5, 5.41) is 19.5. The van der Waals surface area contributed by atoms with E-state index in [9.17, 15) is 9.90 Å². The van der Waals surface area contributed by atoms with Gasteiger partial charge in [-0.1, -0.05) is 12.1 Å². The van der Waals surface area contributed by atoms with E-state index < -0.39 is 0 Å². The summed E-state index contributed by atoms with van der Waals surface area (Å²) in [5.41, 5.74) is 3.10. The van der Waals surface area contributed by atoms with Gasteiger partial charge in [-0.3, -0.25) is 4.79 Å². The first kappa shape index (κ1) is 17.5. The third-order valence-electron chi connectivity index (χ3n) is 5.02. The molecule has 7 nitrogen and oxygen atoms in total. The fraction of sp³-hybridized carbons (Fsp3) is 0.350. The number of rotatable bonds is 5. The Kier molecular flexibility index (Phi) is 4.53. The fourth-order valence-corrected chi connectivity index (χ4v) is 3.35. The maximum Gasteiger partial charge on any atom is 0.223 e. The van der Waals surface area contributed by atoms with Crippen LogP contribution in [0, 0.1) is 0 Å². The van der Waals surface area contributed by atoms with Crippen molar-refractivity contribution < 1.29 is 9.90 Å². The Hall–Kier alpha value is -2.93. The number of nitrogens with one attached hydrogen (secondary N) is 1. The molecule has 0 bridgehead atoms. The van der Waals surface area contributed by atoms with Crippen LogP contribution in [0.25, 0.3) is 22.3 Å². The summed E-state index contributed by atoms with van der Waals surface area (Å²) in [7, 11) is 3.95. The number of likely N-dealkylation sites (tertiary alicyclic amines) is 1. The van der Waals surface area contributed by atoms with Gasteiger partial charge in [0.05, 0.1) is 5.69 Å². The first-order valence-electron chi connectivity index (χ1n) is 9.08. The molecule has 1 saturated heterocycles. The van der Waals surface area contributed by atoms with Crippen LogP contribution in [0.15, 0.2) is 36.4 Å². The number of phenols is 1. The van der Waals surface area contributed by atoms with Crippen molar-refractivity contribution in [2.24, 2.45) is 0 Å². The first-order valence-corrected chi connectivity index (χ1v) is 9.08. The van der Waals surface area contributed by atoms with E-state index in [0.29, 0.717) is 23.6 Å². The summed E-state index contributed by atoms with van der Waals surface area (Å²) in [6, 6.07) is 11.1. The van der Waals surface area contributed by atoms with Crippen LogP contribution < -0.4 is 0 Å². The van der Waals surface area contributed by atoms with Crippen LogP contribution in [0.1, 0.15) is 18.0 Å². The SMILES string of the molecule is CN(C)CCC(=O)N1CC(c2cc3cc(-c4ccccc4O)nnc3[nH]2)C1. The topological polar surface area (TPSA) is 85.3 Å². The van der Waals surface area contributed by atoms with E-state index in [0.717, 1.165) is 36.4 Å². The minimum atomic E-state index is 0.188. The van der Waals surface area contributed by atoms with Gasteiger partial charge in [-0.2, -0.15) is 0 Å². The number of hydrogen-bond acceptors (Lipinski definition) is 5. The van der Waals surface area contributed by atoms with Gasteiger partial charge in [-0.15, -0.1) is 10.2 Å². The normalized spacial score (nSPS) is 14.7. The van der Waals surface area contributed by atoms with E-state index in [1.807, 2.05) is 42.1 Å².